The molecule has 5 nitrogen and oxygen atoms in total. The molecule has 0 atom stereocenters. The molecule has 1 aromatic carbocycles. The Labute approximate surface area is 124 Å². The first-order chi connectivity index (χ1) is 9.97. The van der Waals surface area contributed by atoms with Crippen molar-refractivity contribution in [2.24, 2.45) is 0 Å². The second-order valence-corrected chi connectivity index (χ2v) is 5.19. The number of nitrogens with zero attached hydrogens (tertiary/aromatic N) is 1. The lowest BCUT2D eigenvalue weighted by molar-refractivity contribution is 0.0697. The van der Waals surface area contributed by atoms with Gasteiger partial charge >= 0.3 is 12.0 Å². The quantitative estimate of drug-likeness (QED) is 0.911. The molecule has 0 bridgehead atoms. The van der Waals surface area contributed by atoms with Crippen LogP contribution in [0.4, 0.5) is 14.9 Å². The Morgan fingerprint density at radius 1 is 1.38 bits per heavy atom. The standard InChI is InChI=1S/C14H13FN2O3S/c1-17(7-9-4-5-21-8-9)14(20)16-12-3-2-10(15)6-11(12)13(18)19/h2-6,8H,7H2,1H3,(H,16,20)(H,18,19). The largest absolute Gasteiger partial charge is 0.478 e. The van der Waals surface area contributed by atoms with Gasteiger partial charge in [0.1, 0.15) is 5.82 Å². The van der Waals surface area contributed by atoms with Gasteiger partial charge in [-0.25, -0.2) is 14.0 Å². The first-order valence-corrected chi connectivity index (χ1v) is 6.97. The third-order valence-electron chi connectivity index (χ3n) is 2.80. The number of thiophene rings is 1. The lowest BCUT2D eigenvalue weighted by Gasteiger charge is -2.18. The number of nitrogens with one attached hydrogen (secondary N) is 1. The number of carboxylic acids is 1. The van der Waals surface area contributed by atoms with Gasteiger partial charge in [0.25, 0.3) is 0 Å². The second-order valence-electron chi connectivity index (χ2n) is 4.41. The molecule has 110 valence electrons. The Kier molecular flexibility index (Phi) is 4.54. The van der Waals surface area contributed by atoms with Crippen LogP contribution in [0.3, 0.4) is 0 Å². The number of benzene rings is 1. The minimum Gasteiger partial charge on any atom is -0.478 e. The summed E-state index contributed by atoms with van der Waals surface area (Å²) in [7, 11) is 1.59. The highest BCUT2D eigenvalue weighted by molar-refractivity contribution is 7.07. The van der Waals surface area contributed by atoms with E-state index in [1.807, 2.05) is 16.8 Å². The molecule has 7 heteroatoms. The molecular weight excluding hydrogens is 295 g/mol. The van der Waals surface area contributed by atoms with Gasteiger partial charge < -0.3 is 15.3 Å². The van der Waals surface area contributed by atoms with Crippen molar-refractivity contribution in [2.45, 2.75) is 6.54 Å². The van der Waals surface area contributed by atoms with Crippen molar-refractivity contribution >= 4 is 29.0 Å². The van der Waals surface area contributed by atoms with E-state index in [2.05, 4.69) is 5.32 Å². The number of carbonyl (C=O) groups excluding carboxylic acids is 1. The van der Waals surface area contributed by atoms with E-state index in [1.54, 1.807) is 7.05 Å². The number of hydrogen-bond donors (Lipinski definition) is 2. The maximum atomic E-state index is 13.1. The molecule has 2 aromatic rings. The maximum absolute atomic E-state index is 13.1. The molecule has 0 saturated heterocycles. The van der Waals surface area contributed by atoms with E-state index in [0.29, 0.717) is 6.54 Å². The first kappa shape index (κ1) is 15.0. The van der Waals surface area contributed by atoms with Crippen molar-refractivity contribution in [3.63, 3.8) is 0 Å². The van der Waals surface area contributed by atoms with Crippen LogP contribution < -0.4 is 5.32 Å². The number of halogens is 1. The van der Waals surface area contributed by atoms with E-state index in [4.69, 9.17) is 5.11 Å². The summed E-state index contributed by atoms with van der Waals surface area (Å²) in [6, 6.07) is 4.64. The minimum atomic E-state index is -1.30. The van der Waals surface area contributed by atoms with E-state index in [1.165, 1.54) is 22.3 Å². The van der Waals surface area contributed by atoms with E-state index >= 15 is 0 Å². The van der Waals surface area contributed by atoms with Crippen LogP contribution in [0.1, 0.15) is 15.9 Å². The van der Waals surface area contributed by atoms with Gasteiger partial charge in [-0.15, -0.1) is 0 Å². The molecule has 0 fully saturated rings. The predicted octanol–water partition coefficient (Wildman–Crippen LogP) is 3.25. The van der Waals surface area contributed by atoms with Gasteiger partial charge in [0.05, 0.1) is 11.3 Å². The van der Waals surface area contributed by atoms with E-state index in [9.17, 15) is 14.0 Å². The normalized spacial score (nSPS) is 10.2. The van der Waals surface area contributed by atoms with Crippen LogP contribution in [0, 0.1) is 5.82 Å². The molecule has 2 rings (SSSR count). The minimum absolute atomic E-state index is 0.0612. The SMILES string of the molecule is CN(Cc1ccsc1)C(=O)Nc1ccc(F)cc1C(=O)O. The van der Waals surface area contributed by atoms with Crippen molar-refractivity contribution in [2.75, 3.05) is 12.4 Å². The zero-order valence-electron chi connectivity index (χ0n) is 11.2. The summed E-state index contributed by atoms with van der Waals surface area (Å²) in [5.41, 5.74) is 0.758. The van der Waals surface area contributed by atoms with Gasteiger partial charge in [-0.3, -0.25) is 0 Å². The summed E-state index contributed by atoms with van der Waals surface area (Å²) in [5, 5.41) is 15.3. The molecule has 21 heavy (non-hydrogen) atoms. The number of carbonyl (C=O) groups is 2. The monoisotopic (exact) mass is 308 g/mol. The highest BCUT2D eigenvalue weighted by atomic mass is 32.1. The Morgan fingerprint density at radius 3 is 2.76 bits per heavy atom. The van der Waals surface area contributed by atoms with Gasteiger partial charge in [0, 0.05) is 13.6 Å². The van der Waals surface area contributed by atoms with Gasteiger partial charge in [-0.2, -0.15) is 11.3 Å². The fourth-order valence-corrected chi connectivity index (χ4v) is 2.40. The molecule has 2 N–H and O–H groups in total. The van der Waals surface area contributed by atoms with Crippen LogP contribution in [-0.2, 0) is 6.54 Å². The highest BCUT2D eigenvalue weighted by Gasteiger charge is 2.16. The Balaban J connectivity index is 2.10. The zero-order valence-corrected chi connectivity index (χ0v) is 12.0. The van der Waals surface area contributed by atoms with Crippen LogP contribution in [0.15, 0.2) is 35.0 Å². The third kappa shape index (κ3) is 3.79. The van der Waals surface area contributed by atoms with Crippen molar-refractivity contribution in [1.82, 2.24) is 4.90 Å². The molecule has 1 heterocycles. The molecule has 0 aliphatic carbocycles. The predicted molar refractivity (Wildman–Crippen MR) is 78.2 cm³/mol. The molecule has 0 aliphatic heterocycles. The summed E-state index contributed by atoms with van der Waals surface area (Å²) >= 11 is 1.53. The first-order valence-electron chi connectivity index (χ1n) is 6.03. The highest BCUT2D eigenvalue weighted by Crippen LogP contribution is 2.18. The lowest BCUT2D eigenvalue weighted by Crippen LogP contribution is -2.31. The van der Waals surface area contributed by atoms with E-state index in [-0.39, 0.29) is 11.3 Å². The van der Waals surface area contributed by atoms with Gasteiger partial charge in [-0.05, 0) is 40.6 Å². The maximum Gasteiger partial charge on any atom is 0.337 e. The molecular formula is C14H13FN2O3S. The summed E-state index contributed by atoms with van der Waals surface area (Å²) in [6.07, 6.45) is 0. The molecule has 0 radical (unpaired) electrons. The van der Waals surface area contributed by atoms with Crippen molar-refractivity contribution in [1.29, 1.82) is 0 Å². The van der Waals surface area contributed by atoms with Crippen molar-refractivity contribution in [3.8, 4) is 0 Å². The summed E-state index contributed by atoms with van der Waals surface area (Å²) in [6.45, 7) is 0.402. The van der Waals surface area contributed by atoms with Crippen LogP contribution in [-0.4, -0.2) is 29.1 Å². The topological polar surface area (TPSA) is 69.6 Å². The van der Waals surface area contributed by atoms with Crippen LogP contribution in [0.5, 0.6) is 0 Å². The fourth-order valence-electron chi connectivity index (χ4n) is 1.74. The summed E-state index contributed by atoms with van der Waals surface area (Å²) < 4.78 is 13.1. The van der Waals surface area contributed by atoms with Gasteiger partial charge in [0.2, 0.25) is 0 Å². The second kappa shape index (κ2) is 6.36. The molecule has 0 saturated carbocycles. The number of urea groups is 1. The molecule has 0 spiro atoms. The molecule has 0 aliphatic rings. The number of anilines is 1. The van der Waals surface area contributed by atoms with Crippen LogP contribution in [0.25, 0.3) is 0 Å². The number of aromatic carboxylic acids is 1. The Bertz CT molecular complexity index is 658. The Morgan fingerprint density at radius 2 is 2.14 bits per heavy atom. The number of rotatable bonds is 4. The molecule has 2 amide bonds. The number of carboxylic acid groups (broad SMARTS) is 1. The number of amides is 2. The average Bonchev–Trinajstić information content (AvgIpc) is 2.93. The van der Waals surface area contributed by atoms with Gasteiger partial charge in [0.15, 0.2) is 0 Å². The van der Waals surface area contributed by atoms with Crippen LogP contribution in [0.2, 0.25) is 0 Å². The van der Waals surface area contributed by atoms with Crippen LogP contribution >= 0.6 is 11.3 Å². The summed E-state index contributed by atoms with van der Waals surface area (Å²) in [4.78, 5) is 24.5. The average molecular weight is 308 g/mol. The molecule has 0 unspecified atom stereocenters. The summed E-state index contributed by atoms with van der Waals surface area (Å²) in [5.74, 6) is -1.97. The van der Waals surface area contributed by atoms with E-state index in [0.717, 1.165) is 17.7 Å². The van der Waals surface area contributed by atoms with Crippen molar-refractivity contribution in [3.05, 3.63) is 52.0 Å². The lowest BCUT2D eigenvalue weighted by atomic mass is 10.1. The Hall–Kier alpha value is -2.41. The van der Waals surface area contributed by atoms with Crippen molar-refractivity contribution < 1.29 is 19.1 Å². The number of hydrogen-bond acceptors (Lipinski definition) is 3. The fraction of sp³-hybridized carbons (Fsp3) is 0.143. The zero-order chi connectivity index (χ0) is 15.4. The molecule has 1 aromatic heterocycles. The van der Waals surface area contributed by atoms with Gasteiger partial charge in [-0.1, -0.05) is 0 Å². The smallest absolute Gasteiger partial charge is 0.337 e. The third-order valence-corrected chi connectivity index (χ3v) is 3.53. The van der Waals surface area contributed by atoms with E-state index < -0.39 is 17.8 Å².